The molecule has 0 aliphatic carbocycles. The van der Waals surface area contributed by atoms with E-state index in [0.717, 1.165) is 32.7 Å². The van der Waals surface area contributed by atoms with Crippen LogP contribution in [0.3, 0.4) is 0 Å². The summed E-state index contributed by atoms with van der Waals surface area (Å²) in [6, 6.07) is 8.12. The molecule has 2 heterocycles. The van der Waals surface area contributed by atoms with Gasteiger partial charge in [0.1, 0.15) is 5.82 Å². The van der Waals surface area contributed by atoms with Crippen LogP contribution in [0.15, 0.2) is 42.7 Å². The summed E-state index contributed by atoms with van der Waals surface area (Å²) in [5.74, 6) is -0.459. The van der Waals surface area contributed by atoms with Crippen molar-refractivity contribution in [2.24, 2.45) is 0 Å². The van der Waals surface area contributed by atoms with Crippen molar-refractivity contribution in [2.45, 2.75) is 13.5 Å². The number of benzene rings is 1. The van der Waals surface area contributed by atoms with E-state index in [1.54, 1.807) is 12.1 Å². The van der Waals surface area contributed by atoms with E-state index < -0.39 is 0 Å². The standard InChI is InChI=1S/C19H23FN4O/c1-15-9-16(12-21-11-15)13-23-5-7-24(8-6-23)14-19(25)22-18-4-2-3-17(20)10-18/h2-4,9-12H,5-8,13-14H2,1H3,(H,22,25). The highest BCUT2D eigenvalue weighted by Gasteiger charge is 2.19. The fourth-order valence-electron chi connectivity index (χ4n) is 3.04. The van der Waals surface area contributed by atoms with Crippen LogP contribution in [0.1, 0.15) is 11.1 Å². The minimum atomic E-state index is -0.350. The quantitative estimate of drug-likeness (QED) is 0.906. The van der Waals surface area contributed by atoms with E-state index in [9.17, 15) is 9.18 Å². The summed E-state index contributed by atoms with van der Waals surface area (Å²) in [7, 11) is 0. The zero-order valence-corrected chi connectivity index (χ0v) is 14.4. The van der Waals surface area contributed by atoms with Crippen LogP contribution in [0.25, 0.3) is 0 Å². The molecule has 1 aliphatic heterocycles. The molecule has 0 atom stereocenters. The van der Waals surface area contributed by atoms with Gasteiger partial charge in [0.25, 0.3) is 0 Å². The molecule has 2 aromatic rings. The Hall–Kier alpha value is -2.31. The van der Waals surface area contributed by atoms with Gasteiger partial charge in [0.15, 0.2) is 0 Å². The number of rotatable bonds is 5. The first kappa shape index (κ1) is 17.5. The Kier molecular flexibility index (Phi) is 5.73. The number of nitrogens with one attached hydrogen (secondary N) is 1. The zero-order chi connectivity index (χ0) is 17.6. The first-order chi connectivity index (χ1) is 12.1. The van der Waals surface area contributed by atoms with E-state index in [1.165, 1.54) is 23.3 Å². The number of anilines is 1. The maximum atomic E-state index is 13.2. The number of aryl methyl sites for hydroxylation is 1. The summed E-state index contributed by atoms with van der Waals surface area (Å²) in [6.45, 7) is 6.79. The lowest BCUT2D eigenvalue weighted by atomic mass is 10.2. The van der Waals surface area contributed by atoms with E-state index in [1.807, 2.05) is 19.3 Å². The first-order valence-corrected chi connectivity index (χ1v) is 8.49. The molecule has 6 heteroatoms. The van der Waals surface area contributed by atoms with Crippen LogP contribution in [0.4, 0.5) is 10.1 Å². The molecule has 1 aromatic heterocycles. The molecule has 1 amide bonds. The molecule has 1 aliphatic rings. The lowest BCUT2D eigenvalue weighted by Crippen LogP contribution is -2.48. The van der Waals surface area contributed by atoms with Crippen molar-refractivity contribution < 1.29 is 9.18 Å². The second-order valence-electron chi connectivity index (χ2n) is 6.48. The Labute approximate surface area is 147 Å². The number of pyridine rings is 1. The molecule has 0 saturated carbocycles. The van der Waals surface area contributed by atoms with Crippen LogP contribution in [0.2, 0.25) is 0 Å². The van der Waals surface area contributed by atoms with Crippen LogP contribution in [0.5, 0.6) is 0 Å². The van der Waals surface area contributed by atoms with Crippen molar-refractivity contribution in [1.82, 2.24) is 14.8 Å². The molecule has 3 rings (SSSR count). The predicted molar refractivity (Wildman–Crippen MR) is 95.7 cm³/mol. The Bertz CT molecular complexity index is 729. The molecule has 132 valence electrons. The fourth-order valence-corrected chi connectivity index (χ4v) is 3.04. The van der Waals surface area contributed by atoms with Crippen LogP contribution >= 0.6 is 0 Å². The van der Waals surface area contributed by atoms with E-state index in [2.05, 4.69) is 26.2 Å². The van der Waals surface area contributed by atoms with Gasteiger partial charge in [0.2, 0.25) is 5.91 Å². The number of aromatic nitrogens is 1. The van der Waals surface area contributed by atoms with Crippen LogP contribution in [0, 0.1) is 12.7 Å². The summed E-state index contributed by atoms with van der Waals surface area (Å²) >= 11 is 0. The molecule has 0 radical (unpaired) electrons. The number of hydrogen-bond donors (Lipinski definition) is 1. The lowest BCUT2D eigenvalue weighted by molar-refractivity contribution is -0.117. The topological polar surface area (TPSA) is 48.5 Å². The van der Waals surface area contributed by atoms with Gasteiger partial charge in [-0.3, -0.25) is 19.6 Å². The molecule has 1 saturated heterocycles. The second kappa shape index (κ2) is 8.18. The van der Waals surface area contributed by atoms with Crippen molar-refractivity contribution in [3.63, 3.8) is 0 Å². The first-order valence-electron chi connectivity index (χ1n) is 8.49. The predicted octanol–water partition coefficient (Wildman–Crippen LogP) is 2.29. The monoisotopic (exact) mass is 342 g/mol. The van der Waals surface area contributed by atoms with Gasteiger partial charge in [-0.2, -0.15) is 0 Å². The normalized spacial score (nSPS) is 15.9. The zero-order valence-electron chi connectivity index (χ0n) is 14.4. The maximum Gasteiger partial charge on any atom is 0.238 e. The van der Waals surface area contributed by atoms with E-state index in [-0.39, 0.29) is 11.7 Å². The number of nitrogens with zero attached hydrogens (tertiary/aromatic N) is 3. The number of carbonyl (C=O) groups excluding carboxylic acids is 1. The summed E-state index contributed by atoms with van der Waals surface area (Å²) in [6.07, 6.45) is 3.77. The van der Waals surface area contributed by atoms with E-state index in [0.29, 0.717) is 12.2 Å². The third kappa shape index (κ3) is 5.34. The largest absolute Gasteiger partial charge is 0.325 e. The Balaban J connectivity index is 1.43. The van der Waals surface area contributed by atoms with Crippen LogP contribution in [-0.2, 0) is 11.3 Å². The summed E-state index contributed by atoms with van der Waals surface area (Å²) < 4.78 is 13.2. The smallest absolute Gasteiger partial charge is 0.238 e. The third-order valence-corrected chi connectivity index (χ3v) is 4.28. The van der Waals surface area contributed by atoms with Crippen molar-refractivity contribution in [3.05, 3.63) is 59.7 Å². The highest BCUT2D eigenvalue weighted by molar-refractivity contribution is 5.92. The third-order valence-electron chi connectivity index (χ3n) is 4.28. The molecule has 1 N–H and O–H groups in total. The van der Waals surface area contributed by atoms with Gasteiger partial charge in [-0.25, -0.2) is 4.39 Å². The van der Waals surface area contributed by atoms with Crippen molar-refractivity contribution >= 4 is 11.6 Å². The highest BCUT2D eigenvalue weighted by atomic mass is 19.1. The number of carbonyl (C=O) groups is 1. The molecule has 1 fully saturated rings. The summed E-state index contributed by atoms with van der Waals surface area (Å²) in [4.78, 5) is 20.8. The highest BCUT2D eigenvalue weighted by Crippen LogP contribution is 2.11. The Morgan fingerprint density at radius 3 is 2.64 bits per heavy atom. The molecule has 0 unspecified atom stereocenters. The molecule has 1 aromatic carbocycles. The Morgan fingerprint density at radius 1 is 1.16 bits per heavy atom. The number of halogens is 1. The van der Waals surface area contributed by atoms with Crippen LogP contribution in [-0.4, -0.2) is 53.4 Å². The number of hydrogen-bond acceptors (Lipinski definition) is 4. The molecular formula is C19H23FN4O. The van der Waals surface area contributed by atoms with Gasteiger partial charge in [0, 0.05) is 50.8 Å². The SMILES string of the molecule is Cc1cncc(CN2CCN(CC(=O)Nc3cccc(F)c3)CC2)c1. The molecule has 0 bridgehead atoms. The average Bonchev–Trinajstić information content (AvgIpc) is 2.57. The fraction of sp³-hybridized carbons (Fsp3) is 0.368. The maximum absolute atomic E-state index is 13.2. The Morgan fingerprint density at radius 2 is 1.92 bits per heavy atom. The van der Waals surface area contributed by atoms with E-state index >= 15 is 0 Å². The number of piperazine rings is 1. The summed E-state index contributed by atoms with van der Waals surface area (Å²) in [5.41, 5.74) is 2.89. The molecule has 5 nitrogen and oxygen atoms in total. The molecule has 0 spiro atoms. The second-order valence-corrected chi connectivity index (χ2v) is 6.48. The average molecular weight is 342 g/mol. The van der Waals surface area contributed by atoms with Gasteiger partial charge < -0.3 is 5.32 Å². The van der Waals surface area contributed by atoms with Gasteiger partial charge in [0.05, 0.1) is 6.54 Å². The van der Waals surface area contributed by atoms with Gasteiger partial charge >= 0.3 is 0 Å². The minimum Gasteiger partial charge on any atom is -0.325 e. The van der Waals surface area contributed by atoms with Gasteiger partial charge in [-0.05, 0) is 36.2 Å². The summed E-state index contributed by atoms with van der Waals surface area (Å²) in [5, 5.41) is 2.74. The van der Waals surface area contributed by atoms with Gasteiger partial charge in [-0.1, -0.05) is 12.1 Å². The van der Waals surface area contributed by atoms with Crippen molar-refractivity contribution in [2.75, 3.05) is 38.0 Å². The van der Waals surface area contributed by atoms with Crippen molar-refractivity contribution in [1.29, 1.82) is 0 Å². The van der Waals surface area contributed by atoms with Gasteiger partial charge in [-0.15, -0.1) is 0 Å². The van der Waals surface area contributed by atoms with Crippen LogP contribution < -0.4 is 5.32 Å². The lowest BCUT2D eigenvalue weighted by Gasteiger charge is -2.34. The van der Waals surface area contributed by atoms with E-state index in [4.69, 9.17) is 0 Å². The van der Waals surface area contributed by atoms with Crippen molar-refractivity contribution in [3.8, 4) is 0 Å². The molecular weight excluding hydrogens is 319 g/mol. The minimum absolute atomic E-state index is 0.109. The number of amides is 1. The molecule has 25 heavy (non-hydrogen) atoms.